The third kappa shape index (κ3) is 6.13. The van der Waals surface area contributed by atoms with Crippen molar-refractivity contribution in [1.82, 2.24) is 19.9 Å². The van der Waals surface area contributed by atoms with Crippen LogP contribution in [0.4, 0.5) is 0 Å². The van der Waals surface area contributed by atoms with E-state index in [0.717, 1.165) is 101 Å². The molecule has 1 aromatic carbocycles. The summed E-state index contributed by atoms with van der Waals surface area (Å²) in [4.78, 5) is 42.4. The molecule has 8 bridgehead atoms. The number of esters is 2. The van der Waals surface area contributed by atoms with Crippen LogP contribution < -0.4 is 0 Å². The van der Waals surface area contributed by atoms with Gasteiger partial charge in [-0.2, -0.15) is 0 Å². The molecular weight excluding hydrogens is 624 g/mol. The minimum Gasteiger partial charge on any atom is -0.469 e. The molecule has 0 saturated carbocycles. The zero-order valence-electron chi connectivity index (χ0n) is 29.5. The first-order valence-electron chi connectivity index (χ1n) is 16.7. The van der Waals surface area contributed by atoms with E-state index in [1.54, 1.807) is 0 Å². The molecule has 0 unspecified atom stereocenters. The van der Waals surface area contributed by atoms with Crippen LogP contribution in [0.25, 0.3) is 61.6 Å². The Hall–Kier alpha value is -5.76. The Morgan fingerprint density at radius 3 is 2.06 bits per heavy atom. The van der Waals surface area contributed by atoms with Crippen molar-refractivity contribution in [2.24, 2.45) is 0 Å². The molecule has 254 valence electrons. The molecule has 8 nitrogen and oxygen atoms in total. The van der Waals surface area contributed by atoms with Gasteiger partial charge in [-0.15, -0.1) is 0 Å². The number of nitrogens with one attached hydrogen (secondary N) is 2. The van der Waals surface area contributed by atoms with Gasteiger partial charge in [-0.3, -0.25) is 9.59 Å². The van der Waals surface area contributed by atoms with E-state index >= 15 is 0 Å². The van der Waals surface area contributed by atoms with Gasteiger partial charge in [-0.1, -0.05) is 55.6 Å². The summed E-state index contributed by atoms with van der Waals surface area (Å²) in [6, 6.07) is 16.4. The summed E-state index contributed by atoms with van der Waals surface area (Å²) in [5.74, 6) is -0.567. The standard InChI is InChI=1S/C42H42N4O4/c1-9-28-23(3)34-20-32-25(5)30(16-18-38(47)49-7)36(43-32)22-37-31(17-19-39(48)50-8)26(6)33(44-37)21-35-24(4)29(10-2)42(46-35)40(41(28)45-34)27-14-12-11-13-15-27/h9-15,20-22,43,45H,1-2,16-19H2,3-8H3. The number of carbonyl (C=O) groups is 2. The van der Waals surface area contributed by atoms with Crippen molar-refractivity contribution in [1.29, 1.82) is 0 Å². The summed E-state index contributed by atoms with van der Waals surface area (Å²) >= 11 is 0. The van der Waals surface area contributed by atoms with Crippen LogP contribution in [0.5, 0.6) is 0 Å². The van der Waals surface area contributed by atoms with Gasteiger partial charge in [0.15, 0.2) is 0 Å². The van der Waals surface area contributed by atoms with Gasteiger partial charge in [0.2, 0.25) is 0 Å². The summed E-state index contributed by atoms with van der Waals surface area (Å²) in [5, 5.41) is 0. The zero-order chi connectivity index (χ0) is 35.7. The molecule has 5 heterocycles. The van der Waals surface area contributed by atoms with Crippen LogP contribution in [0.1, 0.15) is 78.1 Å². The average molecular weight is 667 g/mol. The third-order valence-corrected chi connectivity index (χ3v) is 9.86. The summed E-state index contributed by atoms with van der Waals surface area (Å²) in [7, 11) is 2.80. The maximum Gasteiger partial charge on any atom is 0.305 e. The number of nitrogens with zero attached hydrogens (tertiary/aromatic N) is 2. The number of carbonyl (C=O) groups excluding carboxylic acids is 2. The second-order valence-corrected chi connectivity index (χ2v) is 12.6. The van der Waals surface area contributed by atoms with Crippen LogP contribution in [-0.2, 0) is 25.5 Å². The molecule has 6 rings (SSSR count). The van der Waals surface area contributed by atoms with Crippen molar-refractivity contribution in [2.45, 2.75) is 53.4 Å². The predicted octanol–water partition coefficient (Wildman–Crippen LogP) is 9.35. The number of fused-ring (bicyclic) bond motifs is 8. The maximum atomic E-state index is 12.3. The number of aromatic amines is 2. The van der Waals surface area contributed by atoms with Crippen LogP contribution in [-0.4, -0.2) is 46.1 Å². The minimum atomic E-state index is -0.288. The van der Waals surface area contributed by atoms with Crippen molar-refractivity contribution < 1.29 is 19.1 Å². The number of aryl methyl sites for hydroxylation is 3. The second kappa shape index (κ2) is 14.0. The molecule has 50 heavy (non-hydrogen) atoms. The molecule has 0 atom stereocenters. The molecule has 8 heteroatoms. The highest BCUT2D eigenvalue weighted by molar-refractivity contribution is 6.05. The molecular formula is C42H42N4O4. The van der Waals surface area contributed by atoms with Crippen molar-refractivity contribution >= 4 is 62.4 Å². The quantitative estimate of drug-likeness (QED) is 0.172. The van der Waals surface area contributed by atoms with Crippen molar-refractivity contribution in [3.8, 4) is 11.1 Å². The van der Waals surface area contributed by atoms with Crippen LogP contribution >= 0.6 is 0 Å². The summed E-state index contributed by atoms with van der Waals surface area (Å²) in [6.07, 6.45) is 5.14. The maximum absolute atomic E-state index is 12.3. The number of aromatic nitrogens is 4. The van der Waals surface area contributed by atoms with Gasteiger partial charge in [0, 0.05) is 46.1 Å². The van der Waals surface area contributed by atoms with Gasteiger partial charge in [-0.25, -0.2) is 9.97 Å². The summed E-state index contributed by atoms with van der Waals surface area (Å²) in [6.45, 7) is 16.7. The molecule has 0 spiro atoms. The van der Waals surface area contributed by atoms with Crippen LogP contribution in [0.2, 0.25) is 0 Å². The second-order valence-electron chi connectivity index (χ2n) is 12.6. The number of benzene rings is 1. The fourth-order valence-corrected chi connectivity index (χ4v) is 6.93. The van der Waals surface area contributed by atoms with Gasteiger partial charge in [0.05, 0.1) is 42.5 Å². The number of H-pyrrole nitrogens is 2. The molecule has 2 aliphatic heterocycles. The lowest BCUT2D eigenvalue weighted by molar-refractivity contribution is -0.141. The molecule has 0 radical (unpaired) electrons. The predicted molar refractivity (Wildman–Crippen MR) is 203 cm³/mol. The number of hydrogen-bond acceptors (Lipinski definition) is 6. The Labute approximate surface area is 292 Å². The number of ether oxygens (including phenoxy) is 2. The lowest BCUT2D eigenvalue weighted by Crippen LogP contribution is -2.02. The van der Waals surface area contributed by atoms with E-state index in [1.165, 1.54) is 14.2 Å². The van der Waals surface area contributed by atoms with Crippen LogP contribution in [0.15, 0.2) is 67.8 Å². The molecule has 4 aromatic rings. The van der Waals surface area contributed by atoms with Gasteiger partial charge in [-0.05, 0) is 97.7 Å². The third-order valence-electron chi connectivity index (χ3n) is 9.86. The van der Waals surface area contributed by atoms with E-state index in [1.807, 2.05) is 49.4 Å². The fraction of sp³-hybridized carbons (Fsp3) is 0.238. The van der Waals surface area contributed by atoms with E-state index in [0.29, 0.717) is 12.8 Å². The molecule has 2 N–H and O–H groups in total. The Balaban J connectivity index is 1.80. The van der Waals surface area contributed by atoms with E-state index in [4.69, 9.17) is 19.4 Å². The lowest BCUT2D eigenvalue weighted by Gasteiger charge is -2.08. The van der Waals surface area contributed by atoms with E-state index in [-0.39, 0.29) is 24.8 Å². The molecule has 0 saturated heterocycles. The Morgan fingerprint density at radius 2 is 1.40 bits per heavy atom. The molecule has 3 aromatic heterocycles. The first-order valence-corrected chi connectivity index (χ1v) is 16.7. The average Bonchev–Trinajstić information content (AvgIpc) is 3.79. The SMILES string of the molecule is C=CC1=C(C)c2cc3nc(cc4[nH]c(cc5[nH]c(c(C=C)c5C)c(-c5ccccc5)c1n2)c(C)c4CCC(=O)OC)C(CCC(=O)OC)=C3C. The molecule has 0 aliphatic carbocycles. The molecule has 0 fully saturated rings. The lowest BCUT2D eigenvalue weighted by atomic mass is 9.96. The largest absolute Gasteiger partial charge is 0.469 e. The van der Waals surface area contributed by atoms with E-state index in [2.05, 4.69) is 62.1 Å². The number of allylic oxidation sites excluding steroid dienone is 5. The highest BCUT2D eigenvalue weighted by atomic mass is 16.5. The normalized spacial score (nSPS) is 12.7. The number of methoxy groups -OCH3 is 2. The highest BCUT2D eigenvalue weighted by Crippen LogP contribution is 2.41. The van der Waals surface area contributed by atoms with Gasteiger partial charge in [0.25, 0.3) is 0 Å². The van der Waals surface area contributed by atoms with E-state index < -0.39 is 0 Å². The van der Waals surface area contributed by atoms with Crippen molar-refractivity contribution in [2.75, 3.05) is 14.2 Å². The number of rotatable bonds is 9. The van der Waals surface area contributed by atoms with Crippen molar-refractivity contribution in [3.63, 3.8) is 0 Å². The Bertz CT molecular complexity index is 2300. The fourth-order valence-electron chi connectivity index (χ4n) is 6.93. The van der Waals surface area contributed by atoms with Crippen LogP contribution in [0.3, 0.4) is 0 Å². The monoisotopic (exact) mass is 666 g/mol. The summed E-state index contributed by atoms with van der Waals surface area (Å²) in [5.41, 5.74) is 16.5. The smallest absolute Gasteiger partial charge is 0.305 e. The topological polar surface area (TPSA) is 110 Å². The van der Waals surface area contributed by atoms with Gasteiger partial charge >= 0.3 is 11.9 Å². The van der Waals surface area contributed by atoms with Gasteiger partial charge in [0.1, 0.15) is 0 Å². The highest BCUT2D eigenvalue weighted by Gasteiger charge is 2.24. The first-order chi connectivity index (χ1) is 24.1. The zero-order valence-corrected chi connectivity index (χ0v) is 29.5. The minimum absolute atomic E-state index is 0.217. The first kappa shape index (κ1) is 34.1. The van der Waals surface area contributed by atoms with Crippen molar-refractivity contribution in [3.05, 3.63) is 113 Å². The van der Waals surface area contributed by atoms with Gasteiger partial charge < -0.3 is 19.4 Å². The Morgan fingerprint density at radius 1 is 0.740 bits per heavy atom. The molecule has 2 aliphatic rings. The Kier molecular flexibility index (Phi) is 9.55. The molecule has 0 amide bonds. The van der Waals surface area contributed by atoms with Crippen LogP contribution in [0, 0.1) is 13.8 Å². The van der Waals surface area contributed by atoms with E-state index in [9.17, 15) is 9.59 Å². The number of hydrogen-bond donors (Lipinski definition) is 2. The summed E-state index contributed by atoms with van der Waals surface area (Å²) < 4.78 is 9.98.